The van der Waals surface area contributed by atoms with E-state index >= 15 is 0 Å². The summed E-state index contributed by atoms with van der Waals surface area (Å²) in [6, 6.07) is 16.4. The molecule has 0 fully saturated rings. The third-order valence-electron chi connectivity index (χ3n) is 4.64. The predicted molar refractivity (Wildman–Crippen MR) is 105 cm³/mol. The first kappa shape index (κ1) is 18.5. The van der Waals surface area contributed by atoms with Gasteiger partial charge in [-0.2, -0.15) is 0 Å². The van der Waals surface area contributed by atoms with Gasteiger partial charge in [-0.3, -0.25) is 0 Å². The number of benzene rings is 2. The summed E-state index contributed by atoms with van der Waals surface area (Å²) in [5.74, 6) is 0.838. The van der Waals surface area contributed by atoms with Gasteiger partial charge in [0.25, 0.3) is 0 Å². The fraction of sp³-hybridized carbons (Fsp3) is 0.364. The molecule has 0 aromatic heterocycles. The van der Waals surface area contributed by atoms with E-state index in [9.17, 15) is 0 Å². The molecule has 1 aliphatic rings. The Bertz CT molecular complexity index is 742. The minimum Gasteiger partial charge on any atom is -0.485 e. The second-order valence-corrected chi connectivity index (χ2v) is 7.00. The summed E-state index contributed by atoms with van der Waals surface area (Å²) in [6.45, 7) is 9.01. The lowest BCUT2D eigenvalue weighted by molar-refractivity contribution is -0.148. The molecule has 4 heteroatoms. The van der Waals surface area contributed by atoms with Crippen LogP contribution < -0.4 is 10.1 Å². The maximum absolute atomic E-state index is 6.21. The molecular formula is C22H27NO3. The second kappa shape index (κ2) is 7.94. The van der Waals surface area contributed by atoms with E-state index in [1.54, 1.807) is 13.2 Å². The van der Waals surface area contributed by atoms with Gasteiger partial charge in [-0.15, -0.1) is 6.58 Å². The molecule has 0 saturated carbocycles. The molecule has 2 atom stereocenters. The second-order valence-electron chi connectivity index (χ2n) is 7.00. The summed E-state index contributed by atoms with van der Waals surface area (Å²) < 4.78 is 18.0. The summed E-state index contributed by atoms with van der Waals surface area (Å²) in [4.78, 5) is 0. The van der Waals surface area contributed by atoms with E-state index in [1.165, 1.54) is 5.56 Å². The van der Waals surface area contributed by atoms with Crippen molar-refractivity contribution in [3.8, 4) is 5.75 Å². The van der Waals surface area contributed by atoms with E-state index in [0.29, 0.717) is 6.61 Å². The summed E-state index contributed by atoms with van der Waals surface area (Å²) in [5.41, 5.74) is 2.77. The van der Waals surface area contributed by atoms with E-state index < -0.39 is 5.60 Å². The van der Waals surface area contributed by atoms with Crippen LogP contribution in [0.5, 0.6) is 5.75 Å². The highest BCUT2D eigenvalue weighted by atomic mass is 16.6. The Hall–Kier alpha value is -2.30. The van der Waals surface area contributed by atoms with Crippen molar-refractivity contribution in [2.45, 2.75) is 38.2 Å². The molecule has 2 unspecified atom stereocenters. The maximum Gasteiger partial charge on any atom is 0.132 e. The Morgan fingerprint density at radius 3 is 2.65 bits per heavy atom. The van der Waals surface area contributed by atoms with E-state index in [4.69, 9.17) is 14.2 Å². The van der Waals surface area contributed by atoms with Crippen molar-refractivity contribution >= 4 is 5.69 Å². The van der Waals surface area contributed by atoms with Gasteiger partial charge < -0.3 is 19.5 Å². The van der Waals surface area contributed by atoms with Crippen molar-refractivity contribution in [1.82, 2.24) is 0 Å². The highest BCUT2D eigenvalue weighted by molar-refractivity contribution is 5.53. The molecule has 26 heavy (non-hydrogen) atoms. The third kappa shape index (κ3) is 3.92. The minimum atomic E-state index is -0.490. The smallest absolute Gasteiger partial charge is 0.132 e. The Balaban J connectivity index is 1.83. The van der Waals surface area contributed by atoms with Crippen molar-refractivity contribution < 1.29 is 14.2 Å². The molecule has 1 N–H and O–H groups in total. The zero-order valence-electron chi connectivity index (χ0n) is 15.7. The number of methoxy groups -OCH3 is 1. The number of fused-ring (bicyclic) bond motifs is 1. The number of ether oxygens (including phenoxy) is 3. The van der Waals surface area contributed by atoms with Gasteiger partial charge in [0.2, 0.25) is 0 Å². The standard InChI is InChI=1S/C22H27NO3/c1-5-13-25-21-20(24-4)18-14-17(11-12-19(18)26-22(21,2)3)23-15-16-9-7-6-8-10-16/h5-12,14,20-21,23H,1,13,15H2,2-4H3. The Morgan fingerprint density at radius 2 is 1.96 bits per heavy atom. The number of hydrogen-bond acceptors (Lipinski definition) is 4. The highest BCUT2D eigenvalue weighted by Crippen LogP contribution is 2.44. The van der Waals surface area contributed by atoms with Gasteiger partial charge in [-0.05, 0) is 37.6 Å². The van der Waals surface area contributed by atoms with Crippen molar-refractivity contribution in [2.24, 2.45) is 0 Å². The molecule has 0 saturated heterocycles. The topological polar surface area (TPSA) is 39.7 Å². The van der Waals surface area contributed by atoms with E-state index in [-0.39, 0.29) is 12.2 Å². The first-order valence-corrected chi connectivity index (χ1v) is 8.91. The van der Waals surface area contributed by atoms with Crippen molar-refractivity contribution in [1.29, 1.82) is 0 Å². The van der Waals surface area contributed by atoms with Gasteiger partial charge >= 0.3 is 0 Å². The Kier molecular flexibility index (Phi) is 5.64. The Morgan fingerprint density at radius 1 is 1.19 bits per heavy atom. The quantitative estimate of drug-likeness (QED) is 0.731. The fourth-order valence-electron chi connectivity index (χ4n) is 3.35. The van der Waals surface area contributed by atoms with Gasteiger partial charge in [0, 0.05) is 24.9 Å². The summed E-state index contributed by atoms with van der Waals surface area (Å²) in [7, 11) is 1.71. The van der Waals surface area contributed by atoms with Crippen LogP contribution in [0.15, 0.2) is 61.2 Å². The molecule has 1 heterocycles. The average Bonchev–Trinajstić information content (AvgIpc) is 2.64. The van der Waals surface area contributed by atoms with Crippen molar-refractivity contribution in [2.75, 3.05) is 19.0 Å². The minimum absolute atomic E-state index is 0.202. The molecule has 4 nitrogen and oxygen atoms in total. The lowest BCUT2D eigenvalue weighted by Gasteiger charge is -2.43. The largest absolute Gasteiger partial charge is 0.485 e. The van der Waals surface area contributed by atoms with Gasteiger partial charge in [0.05, 0.1) is 6.61 Å². The monoisotopic (exact) mass is 353 g/mol. The van der Waals surface area contributed by atoms with Gasteiger partial charge in [0.1, 0.15) is 23.6 Å². The fourth-order valence-corrected chi connectivity index (χ4v) is 3.35. The van der Waals surface area contributed by atoms with Gasteiger partial charge in [-0.1, -0.05) is 36.4 Å². The lowest BCUT2D eigenvalue weighted by atomic mass is 9.88. The number of hydrogen-bond donors (Lipinski definition) is 1. The molecule has 3 rings (SSSR count). The SMILES string of the molecule is C=CCOC1C(OC)c2cc(NCc3ccccc3)ccc2OC1(C)C. The number of anilines is 1. The van der Waals surface area contributed by atoms with E-state index in [2.05, 4.69) is 30.1 Å². The zero-order chi connectivity index (χ0) is 18.6. The highest BCUT2D eigenvalue weighted by Gasteiger charge is 2.45. The van der Waals surface area contributed by atoms with Crippen molar-refractivity contribution in [3.05, 3.63) is 72.3 Å². The van der Waals surface area contributed by atoms with Crippen LogP contribution in [0.4, 0.5) is 5.69 Å². The maximum atomic E-state index is 6.21. The number of rotatable bonds is 7. The molecular weight excluding hydrogens is 326 g/mol. The molecule has 138 valence electrons. The van der Waals surface area contributed by atoms with Crippen LogP contribution in [-0.4, -0.2) is 25.4 Å². The van der Waals surface area contributed by atoms with Crippen LogP contribution >= 0.6 is 0 Å². The lowest BCUT2D eigenvalue weighted by Crippen LogP contribution is -2.50. The zero-order valence-corrected chi connectivity index (χ0v) is 15.7. The summed E-state index contributed by atoms with van der Waals surface area (Å²) in [6.07, 6.45) is 1.32. The van der Waals surface area contributed by atoms with Gasteiger partial charge in [0.15, 0.2) is 0 Å². The third-order valence-corrected chi connectivity index (χ3v) is 4.64. The number of nitrogens with one attached hydrogen (secondary N) is 1. The average molecular weight is 353 g/mol. The first-order chi connectivity index (χ1) is 12.5. The van der Waals surface area contributed by atoms with Gasteiger partial charge in [-0.25, -0.2) is 0 Å². The summed E-state index contributed by atoms with van der Waals surface area (Å²) >= 11 is 0. The molecule has 2 aromatic rings. The van der Waals surface area contributed by atoms with Crippen LogP contribution in [-0.2, 0) is 16.0 Å². The van der Waals surface area contributed by atoms with E-state index in [1.807, 2.05) is 44.2 Å². The Labute approximate surface area is 155 Å². The summed E-state index contributed by atoms with van der Waals surface area (Å²) in [5, 5.41) is 3.47. The van der Waals surface area contributed by atoms with Crippen LogP contribution in [0.2, 0.25) is 0 Å². The molecule has 2 aromatic carbocycles. The molecule has 0 amide bonds. The molecule has 0 bridgehead atoms. The van der Waals surface area contributed by atoms with Crippen LogP contribution in [0.25, 0.3) is 0 Å². The normalized spacial score (nSPS) is 20.7. The van der Waals surface area contributed by atoms with E-state index in [0.717, 1.165) is 23.5 Å². The first-order valence-electron chi connectivity index (χ1n) is 8.91. The van der Waals surface area contributed by atoms with Crippen LogP contribution in [0, 0.1) is 0 Å². The molecule has 0 spiro atoms. The van der Waals surface area contributed by atoms with Crippen molar-refractivity contribution in [3.63, 3.8) is 0 Å². The van der Waals surface area contributed by atoms with Crippen LogP contribution in [0.1, 0.15) is 31.1 Å². The molecule has 0 aliphatic carbocycles. The predicted octanol–water partition coefficient (Wildman–Crippen LogP) is 4.73. The van der Waals surface area contributed by atoms with Crippen LogP contribution in [0.3, 0.4) is 0 Å². The molecule has 1 aliphatic heterocycles. The molecule has 0 radical (unpaired) electrons.